The fourth-order valence-corrected chi connectivity index (χ4v) is 2.33. The first-order valence-electron chi connectivity index (χ1n) is 8.23. The topological polar surface area (TPSA) is 76.7 Å². The molecule has 0 radical (unpaired) electrons. The molecule has 0 saturated carbocycles. The summed E-state index contributed by atoms with van der Waals surface area (Å²) >= 11 is 0. The third-order valence-corrected chi connectivity index (χ3v) is 3.58. The quantitative estimate of drug-likeness (QED) is 0.695. The molecule has 0 fully saturated rings. The van der Waals surface area contributed by atoms with Crippen LogP contribution in [0, 0.1) is 0 Å². The molecule has 150 valence electrons. The molecular weight excluding hydrogens is 377 g/mol. The van der Waals surface area contributed by atoms with Gasteiger partial charge in [-0.3, -0.25) is 9.59 Å². The normalized spacial score (nSPS) is 11.0. The Balaban J connectivity index is 2.33. The highest BCUT2D eigenvalue weighted by Crippen LogP contribution is 2.34. The van der Waals surface area contributed by atoms with E-state index in [1.807, 2.05) is 0 Å². The van der Waals surface area contributed by atoms with Crippen molar-refractivity contribution < 1.29 is 32.2 Å². The van der Waals surface area contributed by atoms with E-state index in [4.69, 9.17) is 9.47 Å². The maximum atomic E-state index is 13.0. The van der Waals surface area contributed by atoms with E-state index >= 15 is 0 Å². The second-order valence-corrected chi connectivity index (χ2v) is 5.73. The molecule has 0 heterocycles. The van der Waals surface area contributed by atoms with E-state index in [9.17, 15) is 22.8 Å². The molecule has 0 aliphatic carbocycles. The van der Waals surface area contributed by atoms with E-state index in [0.29, 0.717) is 6.61 Å². The molecule has 2 aromatic carbocycles. The van der Waals surface area contributed by atoms with E-state index in [1.54, 1.807) is 18.2 Å². The standard InChI is InChI=1S/C19H19F3N2O4/c1-12(25)23-15-8-7-13(19(20,21)22)11-16(15)24-18(26)14-5-3-4-6-17(14)28-10-9-27-2/h3-8,11H,9-10H2,1-2H3,(H,23,25)(H,24,26). The van der Waals surface area contributed by atoms with Gasteiger partial charge in [0.25, 0.3) is 5.91 Å². The second-order valence-electron chi connectivity index (χ2n) is 5.73. The monoisotopic (exact) mass is 396 g/mol. The summed E-state index contributed by atoms with van der Waals surface area (Å²) in [5.74, 6) is -0.914. The third-order valence-electron chi connectivity index (χ3n) is 3.58. The summed E-state index contributed by atoms with van der Waals surface area (Å²) in [6.07, 6.45) is -4.60. The van der Waals surface area contributed by atoms with Gasteiger partial charge in [-0.25, -0.2) is 0 Å². The van der Waals surface area contributed by atoms with Crippen molar-refractivity contribution in [1.82, 2.24) is 0 Å². The Labute approximate surface area is 159 Å². The van der Waals surface area contributed by atoms with Crippen molar-refractivity contribution in [3.63, 3.8) is 0 Å². The largest absolute Gasteiger partial charge is 0.490 e. The molecule has 0 atom stereocenters. The lowest BCUT2D eigenvalue weighted by atomic mass is 10.1. The van der Waals surface area contributed by atoms with Crippen LogP contribution in [0.5, 0.6) is 5.75 Å². The first-order chi connectivity index (χ1) is 13.2. The third kappa shape index (κ3) is 5.71. The zero-order valence-electron chi connectivity index (χ0n) is 15.2. The van der Waals surface area contributed by atoms with Crippen LogP contribution < -0.4 is 15.4 Å². The molecule has 2 N–H and O–H groups in total. The summed E-state index contributed by atoms with van der Waals surface area (Å²) in [4.78, 5) is 24.0. The van der Waals surface area contributed by atoms with Gasteiger partial charge in [0.05, 0.1) is 29.1 Å². The number of benzene rings is 2. The number of para-hydroxylation sites is 1. The summed E-state index contributed by atoms with van der Waals surface area (Å²) in [5.41, 5.74) is -0.959. The molecule has 0 bridgehead atoms. The van der Waals surface area contributed by atoms with Crippen LogP contribution in [0.3, 0.4) is 0 Å². The second kappa shape index (κ2) is 9.23. The Bertz CT molecular complexity index is 853. The minimum atomic E-state index is -4.60. The molecule has 0 aliphatic heterocycles. The van der Waals surface area contributed by atoms with Gasteiger partial charge >= 0.3 is 6.18 Å². The molecule has 0 spiro atoms. The smallest absolute Gasteiger partial charge is 0.416 e. The van der Waals surface area contributed by atoms with Crippen LogP contribution >= 0.6 is 0 Å². The van der Waals surface area contributed by atoms with Crippen molar-refractivity contribution in [2.75, 3.05) is 31.0 Å². The van der Waals surface area contributed by atoms with Gasteiger partial charge in [0.2, 0.25) is 5.91 Å². The number of alkyl halides is 3. The number of carbonyl (C=O) groups excluding carboxylic acids is 2. The summed E-state index contributed by atoms with van der Waals surface area (Å²) in [6, 6.07) is 8.96. The van der Waals surface area contributed by atoms with Crippen LogP contribution in [-0.2, 0) is 15.7 Å². The van der Waals surface area contributed by atoms with E-state index in [0.717, 1.165) is 18.2 Å². The predicted octanol–water partition coefficient (Wildman–Crippen LogP) is 3.94. The SMILES string of the molecule is COCCOc1ccccc1C(=O)Nc1cc(C(F)(F)F)ccc1NC(C)=O. The highest BCUT2D eigenvalue weighted by molar-refractivity contribution is 6.08. The van der Waals surface area contributed by atoms with Crippen molar-refractivity contribution in [1.29, 1.82) is 0 Å². The Kier molecular flexibility index (Phi) is 7.00. The summed E-state index contributed by atoms with van der Waals surface area (Å²) in [7, 11) is 1.50. The fraction of sp³-hybridized carbons (Fsp3) is 0.263. The zero-order valence-corrected chi connectivity index (χ0v) is 15.2. The molecule has 0 aliphatic rings. The number of ether oxygens (including phenoxy) is 2. The number of hydrogen-bond donors (Lipinski definition) is 2. The Morgan fingerprint density at radius 2 is 1.71 bits per heavy atom. The lowest BCUT2D eigenvalue weighted by Crippen LogP contribution is -2.18. The number of hydrogen-bond acceptors (Lipinski definition) is 4. The zero-order chi connectivity index (χ0) is 20.7. The summed E-state index contributed by atoms with van der Waals surface area (Å²) < 4.78 is 49.4. The summed E-state index contributed by atoms with van der Waals surface area (Å²) in [6.45, 7) is 1.71. The Hall–Kier alpha value is -3.07. The maximum absolute atomic E-state index is 13.0. The van der Waals surface area contributed by atoms with Crippen LogP contribution in [0.2, 0.25) is 0 Å². The van der Waals surface area contributed by atoms with E-state index in [1.165, 1.54) is 20.1 Å². The number of anilines is 2. The first kappa shape index (κ1) is 21.2. The lowest BCUT2D eigenvalue weighted by Gasteiger charge is -2.16. The molecule has 28 heavy (non-hydrogen) atoms. The van der Waals surface area contributed by atoms with Crippen molar-refractivity contribution in [2.24, 2.45) is 0 Å². The number of methoxy groups -OCH3 is 1. The van der Waals surface area contributed by atoms with Crippen LogP contribution in [0.4, 0.5) is 24.5 Å². The van der Waals surface area contributed by atoms with Gasteiger partial charge < -0.3 is 20.1 Å². The number of carbonyl (C=O) groups is 2. The molecule has 6 nitrogen and oxygen atoms in total. The van der Waals surface area contributed by atoms with Crippen LogP contribution in [0.25, 0.3) is 0 Å². The van der Waals surface area contributed by atoms with Gasteiger partial charge in [-0.1, -0.05) is 12.1 Å². The van der Waals surface area contributed by atoms with E-state index in [2.05, 4.69) is 10.6 Å². The number of amides is 2. The van der Waals surface area contributed by atoms with Gasteiger partial charge in [0.1, 0.15) is 12.4 Å². The maximum Gasteiger partial charge on any atom is 0.416 e. The van der Waals surface area contributed by atoms with Gasteiger partial charge in [0.15, 0.2) is 0 Å². The van der Waals surface area contributed by atoms with Crippen molar-refractivity contribution in [3.8, 4) is 5.75 Å². The minimum Gasteiger partial charge on any atom is -0.490 e. The molecule has 9 heteroatoms. The van der Waals surface area contributed by atoms with Crippen LogP contribution in [0.1, 0.15) is 22.8 Å². The lowest BCUT2D eigenvalue weighted by molar-refractivity contribution is -0.137. The average Bonchev–Trinajstić information content (AvgIpc) is 2.62. The van der Waals surface area contributed by atoms with E-state index < -0.39 is 23.6 Å². The molecule has 2 amide bonds. The van der Waals surface area contributed by atoms with Crippen LogP contribution in [0.15, 0.2) is 42.5 Å². The molecular formula is C19H19F3N2O4. The summed E-state index contributed by atoms with van der Waals surface area (Å²) in [5, 5.41) is 4.81. The highest BCUT2D eigenvalue weighted by Gasteiger charge is 2.31. The Morgan fingerprint density at radius 3 is 2.36 bits per heavy atom. The van der Waals surface area contributed by atoms with Gasteiger partial charge in [-0.15, -0.1) is 0 Å². The van der Waals surface area contributed by atoms with Crippen molar-refractivity contribution >= 4 is 23.2 Å². The molecule has 2 aromatic rings. The van der Waals surface area contributed by atoms with E-state index in [-0.39, 0.29) is 29.3 Å². The van der Waals surface area contributed by atoms with Crippen LogP contribution in [-0.4, -0.2) is 32.1 Å². The molecule has 0 unspecified atom stereocenters. The highest BCUT2D eigenvalue weighted by atomic mass is 19.4. The number of rotatable bonds is 7. The average molecular weight is 396 g/mol. The predicted molar refractivity (Wildman–Crippen MR) is 97.5 cm³/mol. The van der Waals surface area contributed by atoms with Gasteiger partial charge in [0, 0.05) is 14.0 Å². The molecule has 0 saturated heterocycles. The van der Waals surface area contributed by atoms with Gasteiger partial charge in [-0.05, 0) is 30.3 Å². The first-order valence-corrected chi connectivity index (χ1v) is 8.23. The minimum absolute atomic E-state index is 0.0478. The molecule has 0 aromatic heterocycles. The van der Waals surface area contributed by atoms with Crippen molar-refractivity contribution in [3.05, 3.63) is 53.6 Å². The fourth-order valence-electron chi connectivity index (χ4n) is 2.33. The van der Waals surface area contributed by atoms with Gasteiger partial charge in [-0.2, -0.15) is 13.2 Å². The Morgan fingerprint density at radius 1 is 1.00 bits per heavy atom. The molecule has 2 rings (SSSR count). The number of nitrogens with one attached hydrogen (secondary N) is 2. The van der Waals surface area contributed by atoms with Crippen molar-refractivity contribution in [2.45, 2.75) is 13.1 Å². The number of halogens is 3.